The highest BCUT2D eigenvalue weighted by Crippen LogP contribution is 2.50. The van der Waals surface area contributed by atoms with E-state index >= 15 is 4.39 Å². The Morgan fingerprint density at radius 2 is 1.95 bits per heavy atom. The van der Waals surface area contributed by atoms with E-state index in [0.29, 0.717) is 48.5 Å². The number of fused-ring (bicyclic) bond motifs is 6. The molecule has 1 atom stereocenters. The van der Waals surface area contributed by atoms with Gasteiger partial charge in [0.05, 0.1) is 10.5 Å². The Morgan fingerprint density at radius 3 is 2.67 bits per heavy atom. The summed E-state index contributed by atoms with van der Waals surface area (Å²) in [5, 5.41) is 0.791. The van der Waals surface area contributed by atoms with E-state index in [9.17, 15) is 14.0 Å². The van der Waals surface area contributed by atoms with Gasteiger partial charge in [-0.05, 0) is 63.9 Å². The molecular formula is C31H32ClF2N5O3. The number of aromatic nitrogens is 2. The summed E-state index contributed by atoms with van der Waals surface area (Å²) < 4.78 is 37.8. The summed E-state index contributed by atoms with van der Waals surface area (Å²) in [6.45, 7) is 9.29. The van der Waals surface area contributed by atoms with Crippen LogP contribution in [0.1, 0.15) is 38.2 Å². The molecule has 0 saturated carbocycles. The summed E-state index contributed by atoms with van der Waals surface area (Å²) in [4.78, 5) is 37.2. The van der Waals surface area contributed by atoms with Crippen molar-refractivity contribution in [3.8, 4) is 16.9 Å². The van der Waals surface area contributed by atoms with Crippen molar-refractivity contribution in [2.75, 3.05) is 37.6 Å². The molecule has 2 aromatic carbocycles. The average molecular weight is 596 g/mol. The second-order valence-electron chi connectivity index (χ2n) is 11.9. The number of amides is 1. The van der Waals surface area contributed by atoms with Gasteiger partial charge in [-0.1, -0.05) is 24.2 Å². The van der Waals surface area contributed by atoms with Crippen LogP contribution >= 0.6 is 11.6 Å². The Kier molecular flexibility index (Phi) is 6.54. The largest absolute Gasteiger partial charge is 0.486 e. The highest BCUT2D eigenvalue weighted by molar-refractivity contribution is 6.35. The number of anilines is 1. The molecule has 3 fully saturated rings. The maximum Gasteiger partial charge on any atom is 0.350 e. The second-order valence-corrected chi connectivity index (χ2v) is 12.3. The van der Waals surface area contributed by atoms with Gasteiger partial charge in [0.1, 0.15) is 12.4 Å². The third-order valence-electron chi connectivity index (χ3n) is 9.60. The molecule has 8 nitrogen and oxygen atoms in total. The predicted octanol–water partition coefficient (Wildman–Crippen LogP) is 4.74. The number of carbonyl (C=O) groups excluding carboxylic acids is 1. The van der Waals surface area contributed by atoms with Crippen molar-refractivity contribution in [2.45, 2.75) is 57.3 Å². The summed E-state index contributed by atoms with van der Waals surface area (Å²) in [7, 11) is 0. The van der Waals surface area contributed by atoms with E-state index in [4.69, 9.17) is 16.3 Å². The molecular weight excluding hydrogens is 564 g/mol. The number of hydrogen-bond acceptors (Lipinski definition) is 6. The van der Waals surface area contributed by atoms with E-state index in [2.05, 4.69) is 16.5 Å². The summed E-state index contributed by atoms with van der Waals surface area (Å²) in [6, 6.07) is 4.13. The maximum absolute atomic E-state index is 15.4. The minimum atomic E-state index is -0.991. The van der Waals surface area contributed by atoms with Gasteiger partial charge in [-0.25, -0.2) is 13.6 Å². The van der Waals surface area contributed by atoms with Crippen LogP contribution in [0.5, 0.6) is 5.75 Å². The normalized spacial score (nSPS) is 21.2. The number of nitrogens with zero attached hydrogens (tertiary/aromatic N) is 5. The van der Waals surface area contributed by atoms with Gasteiger partial charge in [0.25, 0.3) is 0 Å². The third kappa shape index (κ3) is 4.06. The van der Waals surface area contributed by atoms with Crippen molar-refractivity contribution in [1.82, 2.24) is 19.4 Å². The Morgan fingerprint density at radius 1 is 1.19 bits per heavy atom. The smallest absolute Gasteiger partial charge is 0.350 e. The number of rotatable bonds is 4. The second kappa shape index (κ2) is 10.1. The van der Waals surface area contributed by atoms with Crippen LogP contribution in [0.4, 0.5) is 14.6 Å². The van der Waals surface area contributed by atoms with Crippen molar-refractivity contribution in [2.24, 2.45) is 0 Å². The Bertz CT molecular complexity index is 1700. The summed E-state index contributed by atoms with van der Waals surface area (Å²) in [5.74, 6) is -1.41. The molecule has 220 valence electrons. The predicted molar refractivity (Wildman–Crippen MR) is 157 cm³/mol. The summed E-state index contributed by atoms with van der Waals surface area (Å²) in [5.41, 5.74) is 0.685. The van der Waals surface area contributed by atoms with Crippen LogP contribution < -0.4 is 15.3 Å². The molecule has 0 bridgehead atoms. The molecule has 4 aliphatic rings. The lowest BCUT2D eigenvalue weighted by molar-refractivity contribution is -0.126. The van der Waals surface area contributed by atoms with Crippen LogP contribution in [0.25, 0.3) is 22.0 Å². The van der Waals surface area contributed by atoms with Gasteiger partial charge in [0.15, 0.2) is 17.4 Å². The number of benzene rings is 2. The van der Waals surface area contributed by atoms with Gasteiger partial charge < -0.3 is 14.5 Å². The van der Waals surface area contributed by atoms with E-state index < -0.39 is 17.3 Å². The monoisotopic (exact) mass is 595 g/mol. The van der Waals surface area contributed by atoms with Gasteiger partial charge in [-0.15, -0.1) is 0 Å². The van der Waals surface area contributed by atoms with Gasteiger partial charge in [-0.2, -0.15) is 4.98 Å². The molecule has 4 aliphatic heterocycles. The highest BCUT2D eigenvalue weighted by atomic mass is 35.5. The summed E-state index contributed by atoms with van der Waals surface area (Å²) >= 11 is 6.88. The molecule has 0 spiro atoms. The van der Waals surface area contributed by atoms with Crippen molar-refractivity contribution in [3.05, 3.63) is 63.6 Å². The molecule has 11 heteroatoms. The quantitative estimate of drug-likeness (QED) is 0.406. The average Bonchev–Trinajstić information content (AvgIpc) is 3.56. The molecule has 7 rings (SSSR count). The lowest BCUT2D eigenvalue weighted by Gasteiger charge is -2.41. The van der Waals surface area contributed by atoms with Gasteiger partial charge >= 0.3 is 5.69 Å². The molecule has 1 amide bonds. The SMILES string of the molecule is C=CC(=O)N1CCN(c2nc(=O)n(CC34CCCN3CCC4)c3c4c(c(Cl)cc23)-c2c(ccc(F)c2F)CO4)[C@@H](C)C1. The molecule has 0 aliphatic carbocycles. The van der Waals surface area contributed by atoms with Crippen molar-refractivity contribution in [3.63, 3.8) is 0 Å². The lowest BCUT2D eigenvalue weighted by Crippen LogP contribution is -2.54. The van der Waals surface area contributed by atoms with Crippen molar-refractivity contribution in [1.29, 1.82) is 0 Å². The van der Waals surface area contributed by atoms with E-state index in [-0.39, 0.29) is 46.0 Å². The molecule has 3 aromatic rings. The first-order valence-corrected chi connectivity index (χ1v) is 14.9. The fourth-order valence-corrected chi connectivity index (χ4v) is 7.90. The maximum atomic E-state index is 15.4. The lowest BCUT2D eigenvalue weighted by atomic mass is 9.92. The fourth-order valence-electron chi connectivity index (χ4n) is 7.61. The van der Waals surface area contributed by atoms with Crippen LogP contribution in [0.3, 0.4) is 0 Å². The van der Waals surface area contributed by atoms with Crippen molar-refractivity contribution >= 4 is 34.2 Å². The molecule has 42 heavy (non-hydrogen) atoms. The van der Waals surface area contributed by atoms with Crippen LogP contribution in [0, 0.1) is 11.6 Å². The van der Waals surface area contributed by atoms with Crippen LogP contribution in [-0.2, 0) is 17.9 Å². The summed E-state index contributed by atoms with van der Waals surface area (Å²) in [6.07, 6.45) is 5.36. The Hall–Kier alpha value is -3.50. The minimum absolute atomic E-state index is 0.0107. The number of carbonyl (C=O) groups is 1. The minimum Gasteiger partial charge on any atom is -0.486 e. The number of halogens is 3. The standard InChI is InChI=1S/C31H32ClF2N5O3/c1-3-23(40)36-12-13-38(18(2)15-36)29-20-14-21(32)25-24-19(6-7-22(33)26(24)34)16-42-28(25)27(20)39(30(41)35-29)17-31-8-4-10-37(31)11-5-9-31/h3,6-7,14,18H,1,4-5,8-13,15-17H2,2H3/t18-/m0/s1. The van der Waals surface area contributed by atoms with E-state index in [1.807, 2.05) is 11.8 Å². The first-order chi connectivity index (χ1) is 20.2. The van der Waals surface area contributed by atoms with Crippen LogP contribution in [0.15, 0.2) is 35.6 Å². The zero-order chi connectivity index (χ0) is 29.3. The van der Waals surface area contributed by atoms with Gasteiger partial charge in [0, 0.05) is 59.8 Å². The number of hydrogen-bond donors (Lipinski definition) is 0. The Labute approximate surface area is 247 Å². The van der Waals surface area contributed by atoms with Crippen LogP contribution in [-0.4, -0.2) is 69.6 Å². The fraction of sp³-hybridized carbons (Fsp3) is 0.452. The third-order valence-corrected chi connectivity index (χ3v) is 9.90. The van der Waals surface area contributed by atoms with Crippen LogP contribution in [0.2, 0.25) is 5.02 Å². The number of ether oxygens (including phenoxy) is 1. The van der Waals surface area contributed by atoms with Crippen molar-refractivity contribution < 1.29 is 18.3 Å². The molecule has 3 saturated heterocycles. The zero-order valence-electron chi connectivity index (χ0n) is 23.5. The molecule has 0 N–H and O–H groups in total. The first-order valence-electron chi connectivity index (χ1n) is 14.5. The zero-order valence-corrected chi connectivity index (χ0v) is 24.2. The topological polar surface area (TPSA) is 70.9 Å². The molecule has 1 aromatic heterocycles. The molecule has 5 heterocycles. The van der Waals surface area contributed by atoms with Gasteiger partial charge in [-0.3, -0.25) is 14.3 Å². The van der Waals surface area contributed by atoms with E-state index in [1.165, 1.54) is 12.1 Å². The Balaban J connectivity index is 1.46. The molecule has 0 unspecified atom stereocenters. The number of piperazine rings is 1. The van der Waals surface area contributed by atoms with E-state index in [1.54, 1.807) is 15.5 Å². The first kappa shape index (κ1) is 27.3. The van der Waals surface area contributed by atoms with Gasteiger partial charge in [0.2, 0.25) is 5.91 Å². The molecule has 0 radical (unpaired) electrons. The highest BCUT2D eigenvalue weighted by Gasteiger charge is 2.45. The van der Waals surface area contributed by atoms with E-state index in [0.717, 1.165) is 44.8 Å².